The molecule has 2 unspecified atom stereocenters. The molecule has 2 atom stereocenters. The molecular weight excluding hydrogens is 402 g/mol. The summed E-state index contributed by atoms with van der Waals surface area (Å²) in [5.74, 6) is 0.454. The summed E-state index contributed by atoms with van der Waals surface area (Å²) >= 11 is 3.50. The SMILES string of the molecule is CC(=O)C1N=C2CC=CC=C2C1CCN1CCN(c2ccc(Br)cc2)CC1. The van der Waals surface area contributed by atoms with Crippen LogP contribution in [-0.2, 0) is 4.79 Å². The van der Waals surface area contributed by atoms with Crippen LogP contribution in [0.4, 0.5) is 5.69 Å². The minimum Gasteiger partial charge on any atom is -0.369 e. The van der Waals surface area contributed by atoms with Crippen LogP contribution in [0.5, 0.6) is 0 Å². The molecule has 0 bridgehead atoms. The van der Waals surface area contributed by atoms with Gasteiger partial charge in [0, 0.05) is 54.4 Å². The first-order valence-corrected chi connectivity index (χ1v) is 10.6. The Morgan fingerprint density at radius 1 is 1.19 bits per heavy atom. The number of anilines is 1. The van der Waals surface area contributed by atoms with E-state index in [4.69, 9.17) is 4.99 Å². The fourth-order valence-electron chi connectivity index (χ4n) is 4.35. The smallest absolute Gasteiger partial charge is 0.154 e. The Balaban J connectivity index is 1.33. The Morgan fingerprint density at radius 3 is 2.63 bits per heavy atom. The van der Waals surface area contributed by atoms with Gasteiger partial charge in [0.2, 0.25) is 0 Å². The van der Waals surface area contributed by atoms with Crippen molar-refractivity contribution in [2.45, 2.75) is 25.8 Å². The van der Waals surface area contributed by atoms with Gasteiger partial charge in [-0.15, -0.1) is 0 Å². The van der Waals surface area contributed by atoms with Crippen molar-refractivity contribution in [2.75, 3.05) is 37.6 Å². The van der Waals surface area contributed by atoms with Crippen LogP contribution in [-0.4, -0.2) is 55.2 Å². The molecule has 2 heterocycles. The third kappa shape index (κ3) is 4.09. The molecule has 0 saturated carbocycles. The summed E-state index contributed by atoms with van der Waals surface area (Å²) in [5.41, 5.74) is 3.72. The normalized spacial score (nSPS) is 25.2. The number of carbonyl (C=O) groups is 1. The number of allylic oxidation sites excluding steroid dienone is 3. The lowest BCUT2D eigenvalue weighted by Crippen LogP contribution is -2.47. The summed E-state index contributed by atoms with van der Waals surface area (Å²) in [7, 11) is 0. The summed E-state index contributed by atoms with van der Waals surface area (Å²) in [6, 6.07) is 8.39. The van der Waals surface area contributed by atoms with Crippen LogP contribution < -0.4 is 4.90 Å². The van der Waals surface area contributed by atoms with Crippen molar-refractivity contribution >= 4 is 33.1 Å². The van der Waals surface area contributed by atoms with Gasteiger partial charge in [-0.05, 0) is 49.7 Å². The molecule has 0 N–H and O–H groups in total. The monoisotopic (exact) mass is 427 g/mol. The number of ketones is 1. The van der Waals surface area contributed by atoms with Crippen LogP contribution in [0.3, 0.4) is 0 Å². The average Bonchev–Trinajstić information content (AvgIpc) is 3.06. The van der Waals surface area contributed by atoms with Crippen molar-refractivity contribution < 1.29 is 4.79 Å². The predicted molar refractivity (Wildman–Crippen MR) is 115 cm³/mol. The van der Waals surface area contributed by atoms with Crippen LogP contribution in [0, 0.1) is 5.92 Å². The first-order chi connectivity index (χ1) is 13.1. The van der Waals surface area contributed by atoms with Crippen molar-refractivity contribution in [3.05, 3.63) is 52.5 Å². The Morgan fingerprint density at radius 2 is 1.93 bits per heavy atom. The molecule has 142 valence electrons. The standard InChI is InChI=1S/C22H26BrN3O/c1-16(27)22-20(19-4-2-3-5-21(19)24-22)10-11-25-12-14-26(15-13-25)18-8-6-17(23)7-9-18/h2-4,6-9,20,22H,5,10-15H2,1H3. The minimum absolute atomic E-state index is 0.171. The molecule has 4 nitrogen and oxygen atoms in total. The molecule has 27 heavy (non-hydrogen) atoms. The van der Waals surface area contributed by atoms with E-state index in [9.17, 15) is 4.79 Å². The summed E-state index contributed by atoms with van der Waals surface area (Å²) in [4.78, 5) is 21.8. The number of benzene rings is 1. The summed E-state index contributed by atoms with van der Waals surface area (Å²) in [5, 5.41) is 0. The number of hydrogen-bond donors (Lipinski definition) is 0. The van der Waals surface area contributed by atoms with Gasteiger partial charge in [-0.2, -0.15) is 0 Å². The maximum atomic E-state index is 12.1. The van der Waals surface area contributed by atoms with E-state index in [0.29, 0.717) is 0 Å². The summed E-state index contributed by atoms with van der Waals surface area (Å²) < 4.78 is 1.12. The topological polar surface area (TPSA) is 35.9 Å². The van der Waals surface area contributed by atoms with Crippen molar-refractivity contribution in [3.63, 3.8) is 0 Å². The van der Waals surface area contributed by atoms with E-state index in [1.807, 2.05) is 0 Å². The number of piperazine rings is 1. The highest BCUT2D eigenvalue weighted by atomic mass is 79.9. The van der Waals surface area contributed by atoms with E-state index >= 15 is 0 Å². The largest absolute Gasteiger partial charge is 0.369 e. The molecule has 1 aromatic rings. The van der Waals surface area contributed by atoms with E-state index < -0.39 is 0 Å². The fraction of sp³-hybridized carbons (Fsp3) is 0.455. The highest BCUT2D eigenvalue weighted by Gasteiger charge is 2.36. The summed E-state index contributed by atoms with van der Waals surface area (Å²) in [6.07, 6.45) is 8.29. The van der Waals surface area contributed by atoms with Crippen LogP contribution in [0.15, 0.2) is 57.5 Å². The van der Waals surface area contributed by atoms with Gasteiger partial charge >= 0.3 is 0 Å². The van der Waals surface area contributed by atoms with E-state index in [1.165, 1.54) is 11.3 Å². The van der Waals surface area contributed by atoms with E-state index in [1.54, 1.807) is 6.92 Å². The van der Waals surface area contributed by atoms with Crippen molar-refractivity contribution in [3.8, 4) is 0 Å². The van der Waals surface area contributed by atoms with Gasteiger partial charge in [-0.3, -0.25) is 14.7 Å². The van der Waals surface area contributed by atoms with Crippen LogP contribution in [0.1, 0.15) is 19.8 Å². The minimum atomic E-state index is -0.171. The molecule has 3 aliphatic rings. The zero-order valence-corrected chi connectivity index (χ0v) is 17.4. The van der Waals surface area contributed by atoms with E-state index in [-0.39, 0.29) is 17.7 Å². The number of halogens is 1. The highest BCUT2D eigenvalue weighted by molar-refractivity contribution is 9.10. The fourth-order valence-corrected chi connectivity index (χ4v) is 4.61. The lowest BCUT2D eigenvalue weighted by atomic mass is 9.85. The van der Waals surface area contributed by atoms with Gasteiger partial charge in [0.25, 0.3) is 0 Å². The van der Waals surface area contributed by atoms with Crippen LogP contribution in [0.2, 0.25) is 0 Å². The van der Waals surface area contributed by atoms with Gasteiger partial charge in [0.15, 0.2) is 5.78 Å². The molecule has 0 amide bonds. The Hall–Kier alpha value is -1.72. The molecule has 1 aromatic carbocycles. The Labute approximate surface area is 169 Å². The second kappa shape index (κ2) is 8.11. The quantitative estimate of drug-likeness (QED) is 0.715. The lowest BCUT2D eigenvalue weighted by Gasteiger charge is -2.36. The molecule has 4 rings (SSSR count). The zero-order chi connectivity index (χ0) is 18.8. The third-order valence-electron chi connectivity index (χ3n) is 5.87. The Kier molecular flexibility index (Phi) is 5.60. The van der Waals surface area contributed by atoms with Crippen molar-refractivity contribution in [1.82, 2.24) is 4.90 Å². The van der Waals surface area contributed by atoms with Gasteiger partial charge in [0.1, 0.15) is 6.04 Å². The molecule has 5 heteroatoms. The van der Waals surface area contributed by atoms with Crippen LogP contribution in [0.25, 0.3) is 0 Å². The van der Waals surface area contributed by atoms with Gasteiger partial charge in [0.05, 0.1) is 0 Å². The number of aliphatic imine (C=N–C) groups is 1. The van der Waals surface area contributed by atoms with E-state index in [2.05, 4.69) is 68.2 Å². The molecule has 0 radical (unpaired) electrons. The van der Waals surface area contributed by atoms with Crippen LogP contribution >= 0.6 is 15.9 Å². The molecule has 1 aliphatic carbocycles. The van der Waals surface area contributed by atoms with Crippen molar-refractivity contribution in [1.29, 1.82) is 0 Å². The Bertz CT molecular complexity index is 788. The summed E-state index contributed by atoms with van der Waals surface area (Å²) in [6.45, 7) is 6.96. The number of Topliss-reactive ketones (excluding diaryl/α,β-unsaturated/α-hetero) is 1. The van der Waals surface area contributed by atoms with Crippen molar-refractivity contribution in [2.24, 2.45) is 10.9 Å². The number of fused-ring (bicyclic) bond motifs is 1. The number of hydrogen-bond acceptors (Lipinski definition) is 4. The first kappa shape index (κ1) is 18.6. The number of nitrogens with zero attached hydrogens (tertiary/aromatic N) is 3. The molecular formula is C22H26BrN3O. The molecule has 1 saturated heterocycles. The maximum Gasteiger partial charge on any atom is 0.154 e. The second-order valence-electron chi connectivity index (χ2n) is 7.59. The predicted octanol–water partition coefficient (Wildman–Crippen LogP) is 3.88. The van der Waals surface area contributed by atoms with Gasteiger partial charge < -0.3 is 4.90 Å². The number of rotatable bonds is 5. The zero-order valence-electron chi connectivity index (χ0n) is 15.8. The maximum absolute atomic E-state index is 12.1. The molecule has 2 aliphatic heterocycles. The lowest BCUT2D eigenvalue weighted by molar-refractivity contribution is -0.118. The van der Waals surface area contributed by atoms with E-state index in [0.717, 1.165) is 55.7 Å². The molecule has 0 aromatic heterocycles. The third-order valence-corrected chi connectivity index (χ3v) is 6.40. The van der Waals surface area contributed by atoms with Gasteiger partial charge in [-0.1, -0.05) is 34.2 Å². The average molecular weight is 428 g/mol. The molecule has 0 spiro atoms. The molecule has 1 fully saturated rings. The second-order valence-corrected chi connectivity index (χ2v) is 8.50. The highest BCUT2D eigenvalue weighted by Crippen LogP contribution is 2.34. The first-order valence-electron chi connectivity index (χ1n) is 9.79. The number of carbonyl (C=O) groups excluding carboxylic acids is 1. The van der Waals surface area contributed by atoms with Gasteiger partial charge in [-0.25, -0.2) is 0 Å².